The number of hydrogen-bond donors (Lipinski definition) is 3. The number of aliphatic hydroxyl groups excluding tert-OH is 1. The standard InChI is InChI=1S/C16H19NO2/c18-15(10-13-6-2-1-3-7-13)12-17-11-14-8-4-5-9-16(14)19/h1-9,15,17-19H,10-12H2. The van der Waals surface area contributed by atoms with Gasteiger partial charge in [0, 0.05) is 18.7 Å². The predicted octanol–water partition coefficient (Wildman–Crippen LogP) is 2.09. The third-order valence-electron chi connectivity index (χ3n) is 3.00. The third kappa shape index (κ3) is 4.39. The quantitative estimate of drug-likeness (QED) is 0.742. The molecule has 0 radical (unpaired) electrons. The number of benzene rings is 2. The Morgan fingerprint density at radius 3 is 2.37 bits per heavy atom. The number of aromatic hydroxyl groups is 1. The van der Waals surface area contributed by atoms with E-state index in [-0.39, 0.29) is 5.75 Å². The van der Waals surface area contributed by atoms with Crippen molar-refractivity contribution in [3.8, 4) is 5.75 Å². The molecule has 2 aromatic rings. The first-order valence-corrected chi connectivity index (χ1v) is 6.45. The van der Waals surface area contributed by atoms with Gasteiger partial charge in [-0.2, -0.15) is 0 Å². The lowest BCUT2D eigenvalue weighted by Gasteiger charge is -2.12. The maximum absolute atomic E-state index is 9.92. The van der Waals surface area contributed by atoms with E-state index in [0.29, 0.717) is 19.5 Å². The van der Waals surface area contributed by atoms with Gasteiger partial charge in [-0.25, -0.2) is 0 Å². The van der Waals surface area contributed by atoms with Crippen molar-refractivity contribution in [3.05, 3.63) is 65.7 Å². The molecule has 1 unspecified atom stereocenters. The maximum Gasteiger partial charge on any atom is 0.120 e. The molecule has 0 aliphatic heterocycles. The van der Waals surface area contributed by atoms with E-state index in [1.54, 1.807) is 12.1 Å². The molecule has 0 aliphatic rings. The minimum Gasteiger partial charge on any atom is -0.508 e. The minimum atomic E-state index is -0.423. The van der Waals surface area contributed by atoms with Crippen LogP contribution in [0.5, 0.6) is 5.75 Å². The second-order valence-corrected chi connectivity index (χ2v) is 4.60. The third-order valence-corrected chi connectivity index (χ3v) is 3.00. The normalized spacial score (nSPS) is 12.3. The van der Waals surface area contributed by atoms with Gasteiger partial charge in [0.05, 0.1) is 6.10 Å². The van der Waals surface area contributed by atoms with E-state index in [1.165, 1.54) is 0 Å². The summed E-state index contributed by atoms with van der Waals surface area (Å²) >= 11 is 0. The molecular weight excluding hydrogens is 238 g/mol. The molecule has 19 heavy (non-hydrogen) atoms. The van der Waals surface area contributed by atoms with E-state index in [4.69, 9.17) is 0 Å². The average molecular weight is 257 g/mol. The Balaban J connectivity index is 1.75. The largest absolute Gasteiger partial charge is 0.508 e. The van der Waals surface area contributed by atoms with Gasteiger partial charge in [-0.05, 0) is 18.1 Å². The summed E-state index contributed by atoms with van der Waals surface area (Å²) in [6, 6.07) is 17.1. The van der Waals surface area contributed by atoms with Gasteiger partial charge in [0.25, 0.3) is 0 Å². The fraction of sp³-hybridized carbons (Fsp3) is 0.250. The Bertz CT molecular complexity index is 499. The van der Waals surface area contributed by atoms with Crippen molar-refractivity contribution < 1.29 is 10.2 Å². The Hall–Kier alpha value is -1.84. The average Bonchev–Trinajstić information content (AvgIpc) is 2.42. The molecule has 3 heteroatoms. The number of phenols is 1. The molecule has 0 heterocycles. The van der Waals surface area contributed by atoms with E-state index in [1.807, 2.05) is 42.5 Å². The first-order chi connectivity index (χ1) is 9.25. The van der Waals surface area contributed by atoms with Crippen LogP contribution in [0.1, 0.15) is 11.1 Å². The lowest BCUT2D eigenvalue weighted by Crippen LogP contribution is -2.28. The zero-order chi connectivity index (χ0) is 13.5. The summed E-state index contributed by atoms with van der Waals surface area (Å²) in [5, 5.41) is 22.7. The fourth-order valence-electron chi connectivity index (χ4n) is 1.99. The molecule has 3 N–H and O–H groups in total. The Morgan fingerprint density at radius 2 is 1.63 bits per heavy atom. The van der Waals surface area contributed by atoms with Crippen LogP contribution in [-0.4, -0.2) is 22.9 Å². The van der Waals surface area contributed by atoms with Crippen molar-refractivity contribution in [2.24, 2.45) is 0 Å². The zero-order valence-corrected chi connectivity index (χ0v) is 10.8. The van der Waals surface area contributed by atoms with Crippen molar-refractivity contribution in [1.82, 2.24) is 5.32 Å². The van der Waals surface area contributed by atoms with Crippen molar-refractivity contribution >= 4 is 0 Å². The molecule has 0 aliphatic carbocycles. The highest BCUT2D eigenvalue weighted by Gasteiger charge is 2.05. The number of rotatable bonds is 6. The van der Waals surface area contributed by atoms with Gasteiger partial charge >= 0.3 is 0 Å². The van der Waals surface area contributed by atoms with Crippen LogP contribution in [0.25, 0.3) is 0 Å². The lowest BCUT2D eigenvalue weighted by atomic mass is 10.1. The Morgan fingerprint density at radius 1 is 0.947 bits per heavy atom. The van der Waals surface area contributed by atoms with Crippen LogP contribution >= 0.6 is 0 Å². The highest BCUT2D eigenvalue weighted by molar-refractivity contribution is 5.31. The fourth-order valence-corrected chi connectivity index (χ4v) is 1.99. The Labute approximate surface area is 113 Å². The van der Waals surface area contributed by atoms with Gasteiger partial charge in [-0.3, -0.25) is 0 Å². The number of para-hydroxylation sites is 1. The van der Waals surface area contributed by atoms with E-state index in [9.17, 15) is 10.2 Å². The monoisotopic (exact) mass is 257 g/mol. The van der Waals surface area contributed by atoms with Crippen LogP contribution in [0.2, 0.25) is 0 Å². The first-order valence-electron chi connectivity index (χ1n) is 6.45. The molecule has 2 aromatic carbocycles. The predicted molar refractivity (Wildman–Crippen MR) is 76.0 cm³/mol. The lowest BCUT2D eigenvalue weighted by molar-refractivity contribution is 0.171. The van der Waals surface area contributed by atoms with Crippen LogP contribution in [-0.2, 0) is 13.0 Å². The van der Waals surface area contributed by atoms with Gasteiger partial charge in [0.1, 0.15) is 5.75 Å². The smallest absolute Gasteiger partial charge is 0.120 e. The summed E-state index contributed by atoms with van der Waals surface area (Å²) in [6.07, 6.45) is 0.211. The van der Waals surface area contributed by atoms with Gasteiger partial charge in [0.2, 0.25) is 0 Å². The molecule has 0 fully saturated rings. The molecule has 0 spiro atoms. The zero-order valence-electron chi connectivity index (χ0n) is 10.8. The first kappa shape index (κ1) is 13.6. The molecule has 3 nitrogen and oxygen atoms in total. The van der Waals surface area contributed by atoms with Crippen LogP contribution in [0.15, 0.2) is 54.6 Å². The molecule has 0 amide bonds. The molecular formula is C16H19NO2. The van der Waals surface area contributed by atoms with Crippen molar-refractivity contribution in [2.75, 3.05) is 6.54 Å². The molecule has 0 saturated heterocycles. The highest BCUT2D eigenvalue weighted by Crippen LogP contribution is 2.14. The van der Waals surface area contributed by atoms with Crippen molar-refractivity contribution in [2.45, 2.75) is 19.1 Å². The molecule has 2 rings (SSSR count). The van der Waals surface area contributed by atoms with Crippen LogP contribution in [0, 0.1) is 0 Å². The molecule has 1 atom stereocenters. The number of aliphatic hydroxyl groups is 1. The summed E-state index contributed by atoms with van der Waals surface area (Å²) < 4.78 is 0. The second-order valence-electron chi connectivity index (χ2n) is 4.60. The van der Waals surface area contributed by atoms with E-state index >= 15 is 0 Å². The van der Waals surface area contributed by atoms with Gasteiger partial charge in [0.15, 0.2) is 0 Å². The molecule has 0 aromatic heterocycles. The van der Waals surface area contributed by atoms with Crippen LogP contribution < -0.4 is 5.32 Å². The van der Waals surface area contributed by atoms with Crippen molar-refractivity contribution in [3.63, 3.8) is 0 Å². The van der Waals surface area contributed by atoms with Gasteiger partial charge in [-0.15, -0.1) is 0 Å². The maximum atomic E-state index is 9.92. The highest BCUT2D eigenvalue weighted by atomic mass is 16.3. The summed E-state index contributed by atoms with van der Waals surface area (Å²) in [4.78, 5) is 0. The summed E-state index contributed by atoms with van der Waals surface area (Å²) in [5.41, 5.74) is 1.97. The molecule has 0 bridgehead atoms. The number of hydrogen-bond acceptors (Lipinski definition) is 3. The van der Waals surface area contributed by atoms with Gasteiger partial charge in [-0.1, -0.05) is 48.5 Å². The van der Waals surface area contributed by atoms with Crippen LogP contribution in [0.4, 0.5) is 0 Å². The summed E-state index contributed by atoms with van der Waals surface area (Å²) in [7, 11) is 0. The topological polar surface area (TPSA) is 52.5 Å². The SMILES string of the molecule is Oc1ccccc1CNCC(O)Cc1ccccc1. The van der Waals surface area contributed by atoms with E-state index < -0.39 is 6.10 Å². The molecule has 0 saturated carbocycles. The second kappa shape index (κ2) is 6.92. The van der Waals surface area contributed by atoms with E-state index in [0.717, 1.165) is 11.1 Å². The number of phenolic OH excluding ortho intramolecular Hbond substituents is 1. The van der Waals surface area contributed by atoms with Crippen LogP contribution in [0.3, 0.4) is 0 Å². The summed E-state index contributed by atoms with van der Waals surface area (Å²) in [6.45, 7) is 1.06. The van der Waals surface area contributed by atoms with E-state index in [2.05, 4.69) is 5.32 Å². The summed E-state index contributed by atoms with van der Waals surface area (Å²) in [5.74, 6) is 0.285. The minimum absolute atomic E-state index is 0.285. The van der Waals surface area contributed by atoms with Gasteiger partial charge < -0.3 is 15.5 Å². The number of nitrogens with one attached hydrogen (secondary N) is 1. The molecule has 100 valence electrons. The van der Waals surface area contributed by atoms with Crippen molar-refractivity contribution in [1.29, 1.82) is 0 Å². The Kier molecular flexibility index (Phi) is 4.95.